The topological polar surface area (TPSA) is 78.9 Å². The Bertz CT molecular complexity index is 1040. The van der Waals surface area contributed by atoms with Crippen molar-refractivity contribution in [3.8, 4) is 11.5 Å². The van der Waals surface area contributed by atoms with Crippen LogP contribution in [-0.4, -0.2) is 14.2 Å². The molecule has 0 aliphatic heterocycles. The Morgan fingerprint density at radius 2 is 1.14 bits per heavy atom. The molecule has 0 saturated carbocycles. The number of hydrogen-bond acceptors (Lipinski definition) is 6. The predicted octanol–water partition coefficient (Wildman–Crippen LogP) is 2.51. The van der Waals surface area contributed by atoms with Crippen molar-refractivity contribution in [3.63, 3.8) is 0 Å². The van der Waals surface area contributed by atoms with Crippen LogP contribution in [0.4, 0.5) is 0 Å². The Hall–Kier alpha value is -3.02. The highest BCUT2D eigenvalue weighted by molar-refractivity contribution is 6.21. The molecule has 0 aliphatic carbocycles. The minimum Gasteiger partial charge on any atom is -0.493 e. The van der Waals surface area contributed by atoms with Crippen LogP contribution in [0.5, 0.6) is 11.5 Å². The molecule has 4 aromatic rings. The first-order valence-electron chi connectivity index (χ1n) is 6.52. The van der Waals surface area contributed by atoms with E-state index in [2.05, 4.69) is 0 Å². The van der Waals surface area contributed by atoms with Crippen LogP contribution in [0, 0.1) is 0 Å². The van der Waals surface area contributed by atoms with Gasteiger partial charge in [-0.3, -0.25) is 0 Å². The molecule has 2 aromatic carbocycles. The fraction of sp³-hybridized carbons (Fsp3) is 0.125. The van der Waals surface area contributed by atoms with E-state index in [1.165, 1.54) is 14.2 Å². The largest absolute Gasteiger partial charge is 0.493 e. The van der Waals surface area contributed by atoms with Crippen molar-refractivity contribution in [1.82, 2.24) is 0 Å². The number of hydrogen-bond donors (Lipinski definition) is 0. The molecule has 0 unspecified atom stereocenters. The maximum Gasteiger partial charge on any atom is 0.344 e. The molecule has 0 saturated heterocycles. The Kier molecular flexibility index (Phi) is 2.45. The third kappa shape index (κ3) is 1.43. The highest BCUT2D eigenvalue weighted by atomic mass is 16.5. The number of ether oxygens (including phenoxy) is 2. The second-order valence-electron chi connectivity index (χ2n) is 4.82. The minimum atomic E-state index is -0.528. The molecule has 4 rings (SSSR count). The SMILES string of the molecule is COc1ccc2c(=O)oc3c(OC)ccc4c(=O)oc1c2c34. The molecule has 0 atom stereocenters. The van der Waals surface area contributed by atoms with E-state index in [0.29, 0.717) is 33.0 Å². The number of methoxy groups -OCH3 is 2. The zero-order valence-electron chi connectivity index (χ0n) is 11.8. The molecular weight excluding hydrogens is 288 g/mol. The fourth-order valence-electron chi connectivity index (χ4n) is 2.78. The Morgan fingerprint density at radius 3 is 1.50 bits per heavy atom. The van der Waals surface area contributed by atoms with E-state index >= 15 is 0 Å². The summed E-state index contributed by atoms with van der Waals surface area (Å²) in [5.74, 6) is 0.752. The van der Waals surface area contributed by atoms with E-state index in [-0.39, 0.29) is 11.2 Å². The van der Waals surface area contributed by atoms with Crippen LogP contribution in [-0.2, 0) is 0 Å². The average Bonchev–Trinajstić information content (AvgIpc) is 2.53. The van der Waals surface area contributed by atoms with Crippen LogP contribution in [0.2, 0.25) is 0 Å². The molecule has 22 heavy (non-hydrogen) atoms. The van der Waals surface area contributed by atoms with Gasteiger partial charge in [0.15, 0.2) is 22.7 Å². The first-order chi connectivity index (χ1) is 10.7. The standard InChI is InChI=1S/C16H10O6/c1-19-9-5-3-7-11-12-8(15(17)21-13(9)11)4-6-10(20-2)14(12)22-16(7)18/h3-6H,1-2H3. The summed E-state index contributed by atoms with van der Waals surface area (Å²) >= 11 is 0. The Balaban J connectivity index is 2.46. The van der Waals surface area contributed by atoms with Crippen LogP contribution in [0.3, 0.4) is 0 Å². The van der Waals surface area contributed by atoms with Gasteiger partial charge in [0.2, 0.25) is 0 Å². The molecular formula is C16H10O6. The van der Waals surface area contributed by atoms with Gasteiger partial charge in [0.1, 0.15) is 0 Å². The average molecular weight is 298 g/mol. The van der Waals surface area contributed by atoms with Crippen molar-refractivity contribution in [2.75, 3.05) is 14.2 Å². The number of benzene rings is 2. The van der Waals surface area contributed by atoms with Crippen LogP contribution in [0.15, 0.2) is 42.7 Å². The molecule has 2 aromatic heterocycles. The first-order valence-corrected chi connectivity index (χ1v) is 6.52. The van der Waals surface area contributed by atoms with Crippen molar-refractivity contribution in [2.45, 2.75) is 0 Å². The second-order valence-corrected chi connectivity index (χ2v) is 4.82. The maximum atomic E-state index is 12.2. The highest BCUT2D eigenvalue weighted by Gasteiger charge is 2.21. The fourth-order valence-corrected chi connectivity index (χ4v) is 2.78. The van der Waals surface area contributed by atoms with Gasteiger partial charge in [-0.1, -0.05) is 0 Å². The first kappa shape index (κ1) is 12.7. The van der Waals surface area contributed by atoms with Gasteiger partial charge in [0.25, 0.3) is 0 Å². The predicted molar refractivity (Wildman–Crippen MR) is 80.3 cm³/mol. The lowest BCUT2D eigenvalue weighted by Gasteiger charge is -2.11. The molecule has 6 nitrogen and oxygen atoms in total. The van der Waals surface area contributed by atoms with Gasteiger partial charge in [-0.05, 0) is 24.3 Å². The van der Waals surface area contributed by atoms with E-state index in [9.17, 15) is 9.59 Å². The van der Waals surface area contributed by atoms with Gasteiger partial charge in [0, 0.05) is 10.8 Å². The third-order valence-corrected chi connectivity index (χ3v) is 3.76. The summed E-state index contributed by atoms with van der Waals surface area (Å²) < 4.78 is 21.2. The van der Waals surface area contributed by atoms with Crippen molar-refractivity contribution in [3.05, 3.63) is 45.1 Å². The number of rotatable bonds is 2. The van der Waals surface area contributed by atoms with E-state index in [0.717, 1.165) is 0 Å². The summed E-state index contributed by atoms with van der Waals surface area (Å²) in [5, 5.41) is 1.65. The van der Waals surface area contributed by atoms with E-state index in [1.807, 2.05) is 0 Å². The summed E-state index contributed by atoms with van der Waals surface area (Å²) in [7, 11) is 2.93. The van der Waals surface area contributed by atoms with Crippen molar-refractivity contribution >= 4 is 32.7 Å². The molecule has 0 spiro atoms. The summed E-state index contributed by atoms with van der Waals surface area (Å²) in [6.45, 7) is 0. The lowest BCUT2D eigenvalue weighted by Crippen LogP contribution is -2.07. The van der Waals surface area contributed by atoms with Crippen LogP contribution in [0.25, 0.3) is 32.7 Å². The van der Waals surface area contributed by atoms with E-state index < -0.39 is 11.3 Å². The molecule has 110 valence electrons. The van der Waals surface area contributed by atoms with E-state index in [4.69, 9.17) is 18.3 Å². The molecule has 0 aliphatic rings. The quantitative estimate of drug-likeness (QED) is 0.418. The normalized spacial score (nSPS) is 11.5. The molecule has 0 bridgehead atoms. The van der Waals surface area contributed by atoms with Gasteiger partial charge in [-0.2, -0.15) is 0 Å². The zero-order chi connectivity index (χ0) is 15.4. The Labute approximate surface area is 122 Å². The molecule has 6 heteroatoms. The monoisotopic (exact) mass is 298 g/mol. The van der Waals surface area contributed by atoms with Gasteiger partial charge >= 0.3 is 11.3 Å². The zero-order valence-corrected chi connectivity index (χ0v) is 11.8. The molecule has 0 N–H and O–H groups in total. The second kappa shape index (κ2) is 4.24. The summed E-state index contributed by atoms with van der Waals surface area (Å²) in [6.07, 6.45) is 0. The van der Waals surface area contributed by atoms with Gasteiger partial charge < -0.3 is 18.3 Å². The van der Waals surface area contributed by atoms with Crippen LogP contribution >= 0.6 is 0 Å². The summed E-state index contributed by atoms with van der Waals surface area (Å²) in [5.41, 5.74) is -0.605. The molecule has 0 fully saturated rings. The smallest absolute Gasteiger partial charge is 0.344 e. The molecule has 2 heterocycles. The van der Waals surface area contributed by atoms with Gasteiger partial charge in [-0.15, -0.1) is 0 Å². The minimum absolute atomic E-state index is 0.226. The lowest BCUT2D eigenvalue weighted by molar-refractivity contribution is 0.405. The van der Waals surface area contributed by atoms with Crippen LogP contribution < -0.4 is 20.7 Å². The third-order valence-electron chi connectivity index (χ3n) is 3.76. The van der Waals surface area contributed by atoms with Gasteiger partial charge in [-0.25, -0.2) is 9.59 Å². The maximum absolute atomic E-state index is 12.2. The summed E-state index contributed by atoms with van der Waals surface area (Å²) in [4.78, 5) is 24.5. The Morgan fingerprint density at radius 1 is 0.727 bits per heavy atom. The molecule has 0 radical (unpaired) electrons. The van der Waals surface area contributed by atoms with Crippen molar-refractivity contribution in [1.29, 1.82) is 0 Å². The summed E-state index contributed by atoms with van der Waals surface area (Å²) in [6, 6.07) is 6.31. The highest BCUT2D eigenvalue weighted by Crippen LogP contribution is 2.38. The van der Waals surface area contributed by atoms with Crippen molar-refractivity contribution in [2.24, 2.45) is 0 Å². The van der Waals surface area contributed by atoms with Gasteiger partial charge in [0.05, 0.1) is 25.0 Å². The van der Waals surface area contributed by atoms with Crippen LogP contribution in [0.1, 0.15) is 0 Å². The van der Waals surface area contributed by atoms with Crippen molar-refractivity contribution < 1.29 is 18.3 Å². The lowest BCUT2D eigenvalue weighted by atomic mass is 10.0. The molecule has 0 amide bonds. The van der Waals surface area contributed by atoms with E-state index in [1.54, 1.807) is 24.3 Å².